The van der Waals surface area contributed by atoms with E-state index < -0.39 is 11.9 Å². The van der Waals surface area contributed by atoms with Crippen molar-refractivity contribution in [1.29, 1.82) is 0 Å². The zero-order valence-electron chi connectivity index (χ0n) is 11.4. The number of nitrogens with zero attached hydrogens (tertiary/aromatic N) is 1. The number of halogens is 3. The van der Waals surface area contributed by atoms with E-state index in [4.69, 9.17) is 5.73 Å². The standard InChI is InChI=1S/C13H20F3N3/c1-4-9(5-2)8(3)19-11-6-12(13(14,15)16)18-7-10(11)17/h6-9H,4-5,17H2,1-3H3,(H,18,19). The van der Waals surface area contributed by atoms with Gasteiger partial charge in [-0.15, -0.1) is 0 Å². The maximum atomic E-state index is 12.6. The van der Waals surface area contributed by atoms with Gasteiger partial charge in [0.2, 0.25) is 0 Å². The molecule has 6 heteroatoms. The smallest absolute Gasteiger partial charge is 0.396 e. The first kappa shape index (κ1) is 15.6. The minimum Gasteiger partial charge on any atom is -0.396 e. The molecule has 0 bridgehead atoms. The Labute approximate surface area is 111 Å². The highest BCUT2D eigenvalue weighted by atomic mass is 19.4. The maximum absolute atomic E-state index is 12.6. The first-order chi connectivity index (χ1) is 8.79. The number of nitrogen functional groups attached to an aromatic ring is 1. The molecule has 1 unspecified atom stereocenters. The molecule has 0 fully saturated rings. The fraction of sp³-hybridized carbons (Fsp3) is 0.615. The molecule has 0 saturated heterocycles. The van der Waals surface area contributed by atoms with Crippen LogP contribution in [0.1, 0.15) is 39.3 Å². The van der Waals surface area contributed by atoms with Crippen molar-refractivity contribution < 1.29 is 13.2 Å². The lowest BCUT2D eigenvalue weighted by Gasteiger charge is -2.24. The number of nitrogens with two attached hydrogens (primary N) is 1. The third-order valence-electron chi connectivity index (χ3n) is 3.36. The Hall–Kier alpha value is -1.46. The number of pyridine rings is 1. The van der Waals surface area contributed by atoms with E-state index in [9.17, 15) is 13.2 Å². The van der Waals surface area contributed by atoms with Crippen LogP contribution in [-0.2, 0) is 6.18 Å². The Kier molecular flexibility index (Phi) is 5.03. The minimum absolute atomic E-state index is 0.0563. The number of hydrogen-bond donors (Lipinski definition) is 2. The second-order valence-corrected chi connectivity index (χ2v) is 4.66. The van der Waals surface area contributed by atoms with E-state index >= 15 is 0 Å². The van der Waals surface area contributed by atoms with Gasteiger partial charge in [-0.05, 0) is 18.9 Å². The van der Waals surface area contributed by atoms with Crippen molar-refractivity contribution in [3.63, 3.8) is 0 Å². The molecular formula is C13H20F3N3. The molecule has 3 nitrogen and oxygen atoms in total. The summed E-state index contributed by atoms with van der Waals surface area (Å²) in [6.07, 6.45) is -1.49. The van der Waals surface area contributed by atoms with E-state index in [0.29, 0.717) is 11.6 Å². The van der Waals surface area contributed by atoms with Crippen LogP contribution in [0.4, 0.5) is 24.5 Å². The summed E-state index contributed by atoms with van der Waals surface area (Å²) < 4.78 is 37.8. The first-order valence-corrected chi connectivity index (χ1v) is 6.38. The van der Waals surface area contributed by atoms with Crippen molar-refractivity contribution >= 4 is 11.4 Å². The molecule has 3 N–H and O–H groups in total. The predicted octanol–water partition coefficient (Wildman–Crippen LogP) is 3.92. The van der Waals surface area contributed by atoms with Gasteiger partial charge in [0.15, 0.2) is 0 Å². The zero-order chi connectivity index (χ0) is 14.6. The van der Waals surface area contributed by atoms with E-state index in [1.807, 2.05) is 6.92 Å². The van der Waals surface area contributed by atoms with Crippen molar-refractivity contribution in [2.24, 2.45) is 5.92 Å². The first-order valence-electron chi connectivity index (χ1n) is 6.38. The molecule has 1 rings (SSSR count). The molecule has 0 amide bonds. The summed E-state index contributed by atoms with van der Waals surface area (Å²) in [7, 11) is 0. The lowest BCUT2D eigenvalue weighted by Crippen LogP contribution is -2.26. The van der Waals surface area contributed by atoms with Gasteiger partial charge in [-0.2, -0.15) is 13.2 Å². The second-order valence-electron chi connectivity index (χ2n) is 4.66. The van der Waals surface area contributed by atoms with Crippen LogP contribution < -0.4 is 11.1 Å². The van der Waals surface area contributed by atoms with Gasteiger partial charge in [-0.1, -0.05) is 26.7 Å². The number of nitrogens with one attached hydrogen (secondary N) is 1. The summed E-state index contributed by atoms with van der Waals surface area (Å²) >= 11 is 0. The van der Waals surface area contributed by atoms with Crippen molar-refractivity contribution in [2.75, 3.05) is 11.1 Å². The topological polar surface area (TPSA) is 50.9 Å². The summed E-state index contributed by atoms with van der Waals surface area (Å²) in [5, 5.41) is 3.06. The van der Waals surface area contributed by atoms with E-state index in [2.05, 4.69) is 24.1 Å². The highest BCUT2D eigenvalue weighted by Gasteiger charge is 2.33. The summed E-state index contributed by atoms with van der Waals surface area (Å²) in [5.41, 5.74) is 5.26. The molecule has 0 aliphatic rings. The van der Waals surface area contributed by atoms with Gasteiger partial charge in [0.25, 0.3) is 0 Å². The van der Waals surface area contributed by atoms with Gasteiger partial charge in [0.05, 0.1) is 17.6 Å². The van der Waals surface area contributed by atoms with E-state index in [-0.39, 0.29) is 11.7 Å². The van der Waals surface area contributed by atoms with Crippen molar-refractivity contribution in [3.05, 3.63) is 18.0 Å². The van der Waals surface area contributed by atoms with Gasteiger partial charge >= 0.3 is 6.18 Å². The fourth-order valence-electron chi connectivity index (χ4n) is 2.10. The molecule has 19 heavy (non-hydrogen) atoms. The van der Waals surface area contributed by atoms with Gasteiger partial charge in [-0.25, -0.2) is 4.98 Å². The van der Waals surface area contributed by atoms with Crippen LogP contribution in [0.5, 0.6) is 0 Å². The molecule has 1 heterocycles. The second kappa shape index (κ2) is 6.12. The Morgan fingerprint density at radius 3 is 2.37 bits per heavy atom. The van der Waals surface area contributed by atoms with E-state index in [0.717, 1.165) is 25.1 Å². The van der Waals surface area contributed by atoms with Crippen LogP contribution in [0, 0.1) is 5.92 Å². The highest BCUT2D eigenvalue weighted by Crippen LogP contribution is 2.31. The molecule has 0 radical (unpaired) electrons. The number of anilines is 2. The fourth-order valence-corrected chi connectivity index (χ4v) is 2.10. The summed E-state index contributed by atoms with van der Waals surface area (Å²) in [4.78, 5) is 3.31. The third kappa shape index (κ3) is 4.01. The summed E-state index contributed by atoms with van der Waals surface area (Å²) in [5.74, 6) is 0.391. The van der Waals surface area contributed by atoms with Crippen LogP contribution in [0.25, 0.3) is 0 Å². The highest BCUT2D eigenvalue weighted by molar-refractivity contribution is 5.65. The van der Waals surface area contributed by atoms with Crippen LogP contribution in [0.3, 0.4) is 0 Å². The quantitative estimate of drug-likeness (QED) is 0.856. The lowest BCUT2D eigenvalue weighted by molar-refractivity contribution is -0.141. The molecule has 1 atom stereocenters. The van der Waals surface area contributed by atoms with Crippen LogP contribution in [-0.4, -0.2) is 11.0 Å². The molecule has 0 aliphatic carbocycles. The average molecular weight is 275 g/mol. The monoisotopic (exact) mass is 275 g/mol. The average Bonchev–Trinajstić information content (AvgIpc) is 2.32. The van der Waals surface area contributed by atoms with Crippen LogP contribution >= 0.6 is 0 Å². The summed E-state index contributed by atoms with van der Waals surface area (Å²) in [6, 6.07) is 1.02. The van der Waals surface area contributed by atoms with Crippen LogP contribution in [0.15, 0.2) is 12.3 Å². The van der Waals surface area contributed by atoms with E-state index in [1.165, 1.54) is 0 Å². The van der Waals surface area contributed by atoms with Crippen molar-refractivity contribution in [2.45, 2.75) is 45.8 Å². The van der Waals surface area contributed by atoms with Crippen molar-refractivity contribution in [1.82, 2.24) is 4.98 Å². The van der Waals surface area contributed by atoms with E-state index in [1.54, 1.807) is 0 Å². The largest absolute Gasteiger partial charge is 0.433 e. The number of alkyl halides is 3. The minimum atomic E-state index is -4.46. The Morgan fingerprint density at radius 2 is 1.89 bits per heavy atom. The SMILES string of the molecule is CCC(CC)C(C)Nc1cc(C(F)(F)F)ncc1N. The van der Waals surface area contributed by atoms with Gasteiger partial charge < -0.3 is 11.1 Å². The molecule has 0 aromatic carbocycles. The van der Waals surface area contributed by atoms with Crippen LogP contribution in [0.2, 0.25) is 0 Å². The van der Waals surface area contributed by atoms with Gasteiger partial charge in [0, 0.05) is 6.04 Å². The maximum Gasteiger partial charge on any atom is 0.433 e. The molecule has 108 valence electrons. The molecular weight excluding hydrogens is 255 g/mol. The molecule has 0 aliphatic heterocycles. The zero-order valence-corrected chi connectivity index (χ0v) is 11.4. The Balaban J connectivity index is 2.94. The van der Waals surface area contributed by atoms with Gasteiger partial charge in [-0.3, -0.25) is 0 Å². The normalized spacial score (nSPS) is 13.6. The Morgan fingerprint density at radius 1 is 1.32 bits per heavy atom. The number of aromatic nitrogens is 1. The molecule has 0 spiro atoms. The molecule has 0 saturated carbocycles. The molecule has 1 aromatic rings. The number of rotatable bonds is 5. The lowest BCUT2D eigenvalue weighted by atomic mass is 9.95. The van der Waals surface area contributed by atoms with Crippen molar-refractivity contribution in [3.8, 4) is 0 Å². The third-order valence-corrected chi connectivity index (χ3v) is 3.36. The Bertz CT molecular complexity index is 414. The predicted molar refractivity (Wildman–Crippen MR) is 70.8 cm³/mol. The summed E-state index contributed by atoms with van der Waals surface area (Å²) in [6.45, 7) is 6.07. The number of hydrogen-bond acceptors (Lipinski definition) is 3. The van der Waals surface area contributed by atoms with Gasteiger partial charge in [0.1, 0.15) is 5.69 Å². The molecule has 1 aromatic heterocycles.